The number of aryl methyl sites for hydroxylation is 1. The van der Waals surface area contributed by atoms with Crippen LogP contribution in [0.3, 0.4) is 0 Å². The molecule has 0 fully saturated rings. The zero-order valence-corrected chi connectivity index (χ0v) is 16.6. The van der Waals surface area contributed by atoms with E-state index in [4.69, 9.17) is 19.0 Å². The minimum atomic E-state index is -0.986. The number of hydrogen-bond donors (Lipinski definition) is 1. The highest BCUT2D eigenvalue weighted by molar-refractivity contribution is 5.97. The zero-order valence-electron chi connectivity index (χ0n) is 16.6. The first-order valence-electron chi connectivity index (χ1n) is 9.39. The molecule has 3 aromatic carbocycles. The highest BCUT2D eigenvalue weighted by atomic mass is 16.5. The van der Waals surface area contributed by atoms with Crippen molar-refractivity contribution in [2.75, 3.05) is 7.11 Å². The van der Waals surface area contributed by atoms with Crippen LogP contribution in [-0.2, 0) is 4.79 Å². The summed E-state index contributed by atoms with van der Waals surface area (Å²) in [6.45, 7) is 2.02. The van der Waals surface area contributed by atoms with E-state index in [-0.39, 0.29) is 0 Å². The van der Waals surface area contributed by atoms with Gasteiger partial charge >= 0.3 is 5.97 Å². The molecule has 0 aliphatic rings. The van der Waals surface area contributed by atoms with Gasteiger partial charge in [0.1, 0.15) is 23.0 Å². The second-order valence-corrected chi connectivity index (χ2v) is 6.80. The molecule has 4 aromatic rings. The van der Waals surface area contributed by atoms with Gasteiger partial charge in [0, 0.05) is 11.5 Å². The van der Waals surface area contributed by atoms with Gasteiger partial charge in [0.15, 0.2) is 0 Å². The number of carboxylic acids is 1. The van der Waals surface area contributed by atoms with Crippen LogP contribution in [0.15, 0.2) is 77.4 Å². The molecule has 1 N–H and O–H groups in total. The van der Waals surface area contributed by atoms with Crippen molar-refractivity contribution >= 4 is 22.8 Å². The van der Waals surface area contributed by atoms with Crippen molar-refractivity contribution in [2.45, 2.75) is 6.92 Å². The van der Waals surface area contributed by atoms with Crippen LogP contribution in [0, 0.1) is 6.92 Å². The second kappa shape index (κ2) is 8.17. The third-order valence-electron chi connectivity index (χ3n) is 4.78. The first kappa shape index (κ1) is 19.3. The maximum absolute atomic E-state index is 10.7. The Morgan fingerprint density at radius 1 is 1.03 bits per heavy atom. The van der Waals surface area contributed by atoms with Crippen LogP contribution in [0.1, 0.15) is 11.1 Å². The van der Waals surface area contributed by atoms with Gasteiger partial charge in [-0.05, 0) is 72.0 Å². The van der Waals surface area contributed by atoms with Crippen molar-refractivity contribution in [3.05, 3.63) is 84.1 Å². The molecule has 0 spiro atoms. The highest BCUT2D eigenvalue weighted by Crippen LogP contribution is 2.43. The predicted octanol–water partition coefficient (Wildman–Crippen LogP) is 6.31. The predicted molar refractivity (Wildman–Crippen MR) is 116 cm³/mol. The van der Waals surface area contributed by atoms with Crippen LogP contribution in [-0.4, -0.2) is 18.2 Å². The molecule has 0 aliphatic carbocycles. The summed E-state index contributed by atoms with van der Waals surface area (Å²) in [5.74, 6) is 1.84. The lowest BCUT2D eigenvalue weighted by Crippen LogP contribution is -1.94. The van der Waals surface area contributed by atoms with Gasteiger partial charge in [0.25, 0.3) is 0 Å². The van der Waals surface area contributed by atoms with Crippen molar-refractivity contribution in [3.8, 4) is 28.6 Å². The normalized spacial score (nSPS) is 11.1. The fraction of sp³-hybridized carbons (Fsp3) is 0.0800. The van der Waals surface area contributed by atoms with E-state index in [9.17, 15) is 4.79 Å². The zero-order chi connectivity index (χ0) is 21.1. The summed E-state index contributed by atoms with van der Waals surface area (Å²) in [4.78, 5) is 10.7. The maximum atomic E-state index is 10.7. The number of benzene rings is 3. The summed E-state index contributed by atoms with van der Waals surface area (Å²) in [5, 5.41) is 10.7. The van der Waals surface area contributed by atoms with Crippen molar-refractivity contribution < 1.29 is 23.8 Å². The van der Waals surface area contributed by atoms with Crippen molar-refractivity contribution in [1.29, 1.82) is 0 Å². The molecule has 1 heterocycles. The van der Waals surface area contributed by atoms with Crippen LogP contribution in [0.25, 0.3) is 28.2 Å². The summed E-state index contributed by atoms with van der Waals surface area (Å²) in [7, 11) is 1.64. The van der Waals surface area contributed by atoms with Gasteiger partial charge in [-0.2, -0.15) is 0 Å². The molecule has 0 saturated heterocycles. The summed E-state index contributed by atoms with van der Waals surface area (Å²) in [6.07, 6.45) is 4.28. The van der Waals surface area contributed by atoms with Crippen molar-refractivity contribution in [1.82, 2.24) is 0 Å². The lowest BCUT2D eigenvalue weighted by molar-refractivity contribution is -0.131. The van der Waals surface area contributed by atoms with Crippen molar-refractivity contribution in [2.24, 2.45) is 0 Å². The average Bonchev–Trinajstić information content (AvgIpc) is 3.27. The third-order valence-corrected chi connectivity index (χ3v) is 4.78. The molecule has 0 bridgehead atoms. The van der Waals surface area contributed by atoms with E-state index in [1.807, 2.05) is 61.5 Å². The summed E-state index contributed by atoms with van der Waals surface area (Å²) in [5.41, 5.74) is 2.67. The lowest BCUT2D eigenvalue weighted by Gasteiger charge is -2.16. The van der Waals surface area contributed by atoms with Crippen LogP contribution in [0.2, 0.25) is 0 Å². The second-order valence-electron chi connectivity index (χ2n) is 6.80. The SMILES string of the molecule is COc1ccc2c(Oc3ccc(C=CC(=O)O)cc3)c(-c3ccco3)c(C)cc2c1. The van der Waals surface area contributed by atoms with E-state index in [2.05, 4.69) is 6.07 Å². The Balaban J connectivity index is 1.81. The molecular weight excluding hydrogens is 380 g/mol. The Labute approximate surface area is 173 Å². The van der Waals surface area contributed by atoms with E-state index in [0.29, 0.717) is 11.5 Å². The number of carbonyl (C=O) groups is 1. The fourth-order valence-corrected chi connectivity index (χ4v) is 3.38. The molecule has 5 nitrogen and oxygen atoms in total. The monoisotopic (exact) mass is 400 g/mol. The molecule has 4 rings (SSSR count). The standard InChI is InChI=1S/C25H20O5/c1-16-14-18-15-20(28-2)10-11-21(18)25(24(16)22-4-3-13-29-22)30-19-8-5-17(6-9-19)7-12-23(26)27/h3-15H,1-2H3,(H,26,27). The number of methoxy groups -OCH3 is 1. The van der Waals surface area contributed by atoms with E-state index < -0.39 is 5.97 Å². The van der Waals surface area contributed by atoms with E-state index in [1.54, 1.807) is 13.4 Å². The Hall–Kier alpha value is -3.99. The van der Waals surface area contributed by atoms with Gasteiger partial charge in [-0.3, -0.25) is 0 Å². The van der Waals surface area contributed by atoms with Crippen LogP contribution < -0.4 is 9.47 Å². The quantitative estimate of drug-likeness (QED) is 0.384. The number of aliphatic carboxylic acids is 1. The molecule has 30 heavy (non-hydrogen) atoms. The van der Waals surface area contributed by atoms with E-state index in [1.165, 1.54) is 6.08 Å². The maximum Gasteiger partial charge on any atom is 0.328 e. The number of carboxylic acid groups (broad SMARTS) is 1. The Morgan fingerprint density at radius 3 is 2.47 bits per heavy atom. The van der Waals surface area contributed by atoms with Gasteiger partial charge in [-0.1, -0.05) is 18.2 Å². The fourth-order valence-electron chi connectivity index (χ4n) is 3.38. The molecule has 0 amide bonds. The first-order chi connectivity index (χ1) is 14.5. The molecule has 150 valence electrons. The smallest absolute Gasteiger partial charge is 0.328 e. The molecule has 0 atom stereocenters. The number of hydrogen-bond acceptors (Lipinski definition) is 4. The largest absolute Gasteiger partial charge is 0.497 e. The van der Waals surface area contributed by atoms with Crippen LogP contribution >= 0.6 is 0 Å². The van der Waals surface area contributed by atoms with Crippen LogP contribution in [0.5, 0.6) is 17.2 Å². The Bertz CT molecular complexity index is 1220. The average molecular weight is 400 g/mol. The highest BCUT2D eigenvalue weighted by Gasteiger charge is 2.18. The number of ether oxygens (including phenoxy) is 2. The molecule has 0 aliphatic heterocycles. The third kappa shape index (κ3) is 3.91. The number of furan rings is 1. The van der Waals surface area contributed by atoms with Gasteiger partial charge in [0.05, 0.1) is 18.9 Å². The molecule has 0 radical (unpaired) electrons. The minimum Gasteiger partial charge on any atom is -0.497 e. The lowest BCUT2D eigenvalue weighted by atomic mass is 9.98. The number of fused-ring (bicyclic) bond motifs is 1. The Morgan fingerprint density at radius 2 is 1.80 bits per heavy atom. The summed E-state index contributed by atoms with van der Waals surface area (Å²) < 4.78 is 17.4. The molecule has 1 aromatic heterocycles. The van der Waals surface area contributed by atoms with Crippen LogP contribution in [0.4, 0.5) is 0 Å². The van der Waals surface area contributed by atoms with Gasteiger partial charge in [0.2, 0.25) is 0 Å². The van der Waals surface area contributed by atoms with Gasteiger partial charge < -0.3 is 19.0 Å². The van der Waals surface area contributed by atoms with Gasteiger partial charge in [-0.25, -0.2) is 4.79 Å². The molecule has 5 heteroatoms. The topological polar surface area (TPSA) is 68.9 Å². The summed E-state index contributed by atoms with van der Waals surface area (Å²) in [6, 6.07) is 18.9. The first-order valence-corrected chi connectivity index (χ1v) is 9.39. The minimum absolute atomic E-state index is 0.637. The Kier molecular flexibility index (Phi) is 5.26. The molecule has 0 unspecified atom stereocenters. The van der Waals surface area contributed by atoms with E-state index in [0.717, 1.165) is 45.0 Å². The molecular formula is C25H20O5. The van der Waals surface area contributed by atoms with E-state index >= 15 is 0 Å². The van der Waals surface area contributed by atoms with Gasteiger partial charge in [-0.15, -0.1) is 0 Å². The number of rotatable bonds is 6. The van der Waals surface area contributed by atoms with Crippen molar-refractivity contribution in [3.63, 3.8) is 0 Å². The molecule has 0 saturated carbocycles. The summed E-state index contributed by atoms with van der Waals surface area (Å²) >= 11 is 0.